The number of hydrogen-bond acceptors (Lipinski definition) is 7. The molecular weight excluding hydrogens is 308 g/mol. The Morgan fingerprint density at radius 1 is 1.39 bits per heavy atom. The van der Waals surface area contributed by atoms with Crippen LogP contribution in [0.15, 0.2) is 16.5 Å². The van der Waals surface area contributed by atoms with E-state index in [-0.39, 0.29) is 5.25 Å². The Morgan fingerprint density at radius 2 is 2.17 bits per heavy atom. The van der Waals surface area contributed by atoms with Gasteiger partial charge in [0.15, 0.2) is 4.34 Å². The molecule has 0 aliphatic rings. The van der Waals surface area contributed by atoms with E-state index in [0.29, 0.717) is 6.54 Å². The van der Waals surface area contributed by atoms with Gasteiger partial charge in [-0.05, 0) is 12.1 Å². The first-order chi connectivity index (χ1) is 8.60. The molecule has 1 unspecified atom stereocenters. The second-order valence-electron chi connectivity index (χ2n) is 3.73. The SMILES string of the molecule is CN(C)c1nnc(SC(CN)c2ccc(Cl)s2)s1. The predicted molar refractivity (Wildman–Crippen MR) is 81.2 cm³/mol. The van der Waals surface area contributed by atoms with E-state index in [9.17, 15) is 0 Å². The number of nitrogens with two attached hydrogens (primary N) is 1. The first kappa shape index (κ1) is 14.1. The lowest BCUT2D eigenvalue weighted by molar-refractivity contribution is 0.941. The van der Waals surface area contributed by atoms with Crippen LogP contribution in [0.3, 0.4) is 0 Å². The van der Waals surface area contributed by atoms with Gasteiger partial charge in [-0.25, -0.2) is 0 Å². The lowest BCUT2D eigenvalue weighted by Crippen LogP contribution is -2.07. The average molecular weight is 321 g/mol. The quantitative estimate of drug-likeness (QED) is 0.858. The van der Waals surface area contributed by atoms with E-state index in [4.69, 9.17) is 17.3 Å². The number of aromatic nitrogens is 2. The molecule has 2 aromatic heterocycles. The summed E-state index contributed by atoms with van der Waals surface area (Å²) in [6.45, 7) is 0.554. The molecule has 0 radical (unpaired) electrons. The number of hydrogen-bond donors (Lipinski definition) is 1. The molecule has 0 bridgehead atoms. The van der Waals surface area contributed by atoms with E-state index in [1.807, 2.05) is 31.1 Å². The van der Waals surface area contributed by atoms with Crippen molar-refractivity contribution in [1.29, 1.82) is 0 Å². The monoisotopic (exact) mass is 320 g/mol. The lowest BCUT2D eigenvalue weighted by Gasteiger charge is -2.09. The molecule has 0 aliphatic carbocycles. The minimum Gasteiger partial charge on any atom is -0.353 e. The van der Waals surface area contributed by atoms with Gasteiger partial charge in [-0.2, -0.15) is 0 Å². The van der Waals surface area contributed by atoms with Gasteiger partial charge in [0.05, 0.1) is 9.59 Å². The summed E-state index contributed by atoms with van der Waals surface area (Å²) in [7, 11) is 3.91. The van der Waals surface area contributed by atoms with Crippen molar-refractivity contribution in [2.24, 2.45) is 5.73 Å². The van der Waals surface area contributed by atoms with Crippen molar-refractivity contribution in [1.82, 2.24) is 10.2 Å². The van der Waals surface area contributed by atoms with Gasteiger partial charge in [0.1, 0.15) is 0 Å². The third kappa shape index (κ3) is 3.36. The molecule has 2 rings (SSSR count). The minimum atomic E-state index is 0.186. The fourth-order valence-electron chi connectivity index (χ4n) is 1.28. The topological polar surface area (TPSA) is 55.0 Å². The van der Waals surface area contributed by atoms with Gasteiger partial charge < -0.3 is 10.6 Å². The van der Waals surface area contributed by atoms with E-state index in [1.165, 1.54) is 4.88 Å². The molecule has 0 saturated heterocycles. The molecular formula is C10H13ClN4S3. The molecule has 0 saturated carbocycles. The van der Waals surface area contributed by atoms with Gasteiger partial charge in [-0.15, -0.1) is 21.5 Å². The Hall–Kier alpha value is -0.340. The van der Waals surface area contributed by atoms with Gasteiger partial charge in [-0.1, -0.05) is 34.7 Å². The van der Waals surface area contributed by atoms with Gasteiger partial charge in [0, 0.05) is 25.5 Å². The highest BCUT2D eigenvalue weighted by atomic mass is 35.5. The van der Waals surface area contributed by atoms with Gasteiger partial charge in [0.25, 0.3) is 0 Å². The van der Waals surface area contributed by atoms with Crippen molar-refractivity contribution in [2.75, 3.05) is 25.5 Å². The Balaban J connectivity index is 2.10. The fourth-order valence-corrected chi connectivity index (χ4v) is 4.51. The summed E-state index contributed by atoms with van der Waals surface area (Å²) >= 11 is 10.7. The molecule has 4 nitrogen and oxygen atoms in total. The predicted octanol–water partition coefficient (Wildman–Crippen LogP) is 3.11. The second kappa shape index (κ2) is 6.21. The molecule has 2 heterocycles. The average Bonchev–Trinajstić information content (AvgIpc) is 2.94. The number of nitrogens with zero attached hydrogens (tertiary/aromatic N) is 3. The molecule has 18 heavy (non-hydrogen) atoms. The Bertz CT molecular complexity index is 511. The molecule has 2 N–H and O–H groups in total. The second-order valence-corrected chi connectivity index (χ2v) is 7.88. The molecule has 1 atom stereocenters. The van der Waals surface area contributed by atoms with Gasteiger partial charge >= 0.3 is 0 Å². The highest BCUT2D eigenvalue weighted by molar-refractivity contribution is 8.01. The van der Waals surface area contributed by atoms with Crippen LogP contribution in [0.5, 0.6) is 0 Å². The van der Waals surface area contributed by atoms with Crippen molar-refractivity contribution in [3.63, 3.8) is 0 Å². The van der Waals surface area contributed by atoms with E-state index >= 15 is 0 Å². The van der Waals surface area contributed by atoms with E-state index in [0.717, 1.165) is 13.8 Å². The smallest absolute Gasteiger partial charge is 0.208 e. The van der Waals surface area contributed by atoms with Crippen LogP contribution in [-0.4, -0.2) is 30.8 Å². The normalized spacial score (nSPS) is 12.7. The van der Waals surface area contributed by atoms with Crippen LogP contribution >= 0.6 is 46.0 Å². The molecule has 0 spiro atoms. The largest absolute Gasteiger partial charge is 0.353 e. The van der Waals surface area contributed by atoms with Crippen LogP contribution in [-0.2, 0) is 0 Å². The molecule has 98 valence electrons. The summed E-state index contributed by atoms with van der Waals surface area (Å²) in [6, 6.07) is 3.92. The van der Waals surface area contributed by atoms with Crippen LogP contribution in [0.1, 0.15) is 10.1 Å². The minimum absolute atomic E-state index is 0.186. The first-order valence-electron chi connectivity index (χ1n) is 5.23. The Labute approximate surface area is 123 Å². The number of rotatable bonds is 5. The zero-order chi connectivity index (χ0) is 13.1. The maximum atomic E-state index is 5.95. The van der Waals surface area contributed by atoms with E-state index in [2.05, 4.69) is 10.2 Å². The molecule has 8 heteroatoms. The van der Waals surface area contributed by atoms with Crippen LogP contribution in [0, 0.1) is 0 Å². The molecule has 0 aliphatic heterocycles. The standard InChI is InChI=1S/C10H13ClN4S3/c1-15(2)9-13-14-10(18-9)17-7(5-12)6-3-4-8(11)16-6/h3-4,7H,5,12H2,1-2H3. The molecule has 2 aromatic rings. The summed E-state index contributed by atoms with van der Waals surface area (Å²) < 4.78 is 1.72. The third-order valence-electron chi connectivity index (χ3n) is 2.15. The molecule has 0 fully saturated rings. The number of anilines is 1. The van der Waals surface area contributed by atoms with Crippen LogP contribution in [0.25, 0.3) is 0 Å². The van der Waals surface area contributed by atoms with Gasteiger partial charge in [0.2, 0.25) is 5.13 Å². The number of thiophene rings is 1. The zero-order valence-electron chi connectivity index (χ0n) is 9.96. The highest BCUT2D eigenvalue weighted by Gasteiger charge is 2.17. The van der Waals surface area contributed by atoms with Crippen molar-refractivity contribution in [2.45, 2.75) is 9.59 Å². The maximum Gasteiger partial charge on any atom is 0.208 e. The van der Waals surface area contributed by atoms with Crippen molar-refractivity contribution < 1.29 is 0 Å². The summed E-state index contributed by atoms with van der Waals surface area (Å²) in [4.78, 5) is 3.12. The van der Waals surface area contributed by atoms with E-state index < -0.39 is 0 Å². The van der Waals surface area contributed by atoms with Crippen LogP contribution in [0.2, 0.25) is 4.34 Å². The number of halogens is 1. The van der Waals surface area contributed by atoms with Crippen molar-refractivity contribution >= 4 is 51.2 Å². The lowest BCUT2D eigenvalue weighted by atomic mass is 10.3. The zero-order valence-corrected chi connectivity index (χ0v) is 13.2. The van der Waals surface area contributed by atoms with Gasteiger partial charge in [-0.3, -0.25) is 0 Å². The molecule has 0 aromatic carbocycles. The van der Waals surface area contributed by atoms with E-state index in [1.54, 1.807) is 34.4 Å². The van der Waals surface area contributed by atoms with Crippen LogP contribution < -0.4 is 10.6 Å². The molecule has 0 amide bonds. The first-order valence-corrected chi connectivity index (χ1v) is 8.12. The van der Waals surface area contributed by atoms with Crippen molar-refractivity contribution in [3.8, 4) is 0 Å². The third-order valence-corrected chi connectivity index (χ3v) is 6.08. The van der Waals surface area contributed by atoms with Crippen molar-refractivity contribution in [3.05, 3.63) is 21.3 Å². The Kier molecular flexibility index (Phi) is 4.85. The number of thioether (sulfide) groups is 1. The van der Waals surface area contributed by atoms with Crippen LogP contribution in [0.4, 0.5) is 5.13 Å². The maximum absolute atomic E-state index is 5.95. The summed E-state index contributed by atoms with van der Waals surface area (Å²) in [5, 5.41) is 9.36. The summed E-state index contributed by atoms with van der Waals surface area (Å²) in [6.07, 6.45) is 0. The summed E-state index contributed by atoms with van der Waals surface area (Å²) in [5.74, 6) is 0. The fraction of sp³-hybridized carbons (Fsp3) is 0.400. The summed E-state index contributed by atoms with van der Waals surface area (Å²) in [5.41, 5.74) is 5.82. The highest BCUT2D eigenvalue weighted by Crippen LogP contribution is 2.40. The Morgan fingerprint density at radius 3 is 2.67 bits per heavy atom.